The lowest BCUT2D eigenvalue weighted by Crippen LogP contribution is -2.12. The molecule has 1 aromatic rings. The van der Waals surface area contributed by atoms with E-state index in [9.17, 15) is 4.21 Å². The highest BCUT2D eigenvalue weighted by atomic mass is 32.2. The van der Waals surface area contributed by atoms with Crippen LogP contribution in [0.5, 0.6) is 0 Å². The molecular weight excluding hydrogens is 188 g/mol. The van der Waals surface area contributed by atoms with Crippen LogP contribution in [-0.2, 0) is 10.8 Å². The van der Waals surface area contributed by atoms with Crippen LogP contribution in [0.2, 0.25) is 0 Å². The van der Waals surface area contributed by atoms with E-state index in [1.54, 1.807) is 6.26 Å². The molecule has 0 saturated carbocycles. The Morgan fingerprint density at radius 1 is 1.69 bits per heavy atom. The van der Waals surface area contributed by atoms with Gasteiger partial charge in [-0.05, 0) is 0 Å². The summed E-state index contributed by atoms with van der Waals surface area (Å²) in [4.78, 5) is 7.68. The van der Waals surface area contributed by atoms with Gasteiger partial charge in [-0.25, -0.2) is 9.97 Å². The molecule has 0 aliphatic carbocycles. The summed E-state index contributed by atoms with van der Waals surface area (Å²) in [5.41, 5.74) is 6.08. The number of rotatable bonds is 4. The molecule has 0 radical (unpaired) electrons. The molecule has 0 fully saturated rings. The van der Waals surface area contributed by atoms with Crippen LogP contribution in [0.25, 0.3) is 0 Å². The van der Waals surface area contributed by atoms with Gasteiger partial charge in [-0.1, -0.05) is 0 Å². The van der Waals surface area contributed by atoms with Crippen molar-refractivity contribution in [2.24, 2.45) is 0 Å². The van der Waals surface area contributed by atoms with Crippen molar-refractivity contribution in [2.75, 3.05) is 29.6 Å². The van der Waals surface area contributed by atoms with Crippen LogP contribution in [-0.4, -0.2) is 32.7 Å². The molecule has 0 amide bonds. The lowest BCUT2D eigenvalue weighted by molar-refractivity contribution is 0.687. The second kappa shape index (κ2) is 4.76. The fraction of sp³-hybridized carbons (Fsp3) is 0.429. The van der Waals surface area contributed by atoms with Crippen molar-refractivity contribution >= 4 is 22.3 Å². The molecule has 0 bridgehead atoms. The molecule has 13 heavy (non-hydrogen) atoms. The molecule has 5 nitrogen and oxygen atoms in total. The van der Waals surface area contributed by atoms with Crippen LogP contribution in [0.1, 0.15) is 0 Å². The Labute approximate surface area is 79.2 Å². The van der Waals surface area contributed by atoms with Gasteiger partial charge in [0.1, 0.15) is 6.33 Å². The smallest absolute Gasteiger partial charge is 0.152 e. The molecule has 1 rings (SSSR count). The van der Waals surface area contributed by atoms with E-state index in [1.807, 2.05) is 0 Å². The number of nitrogens with two attached hydrogens (primary N) is 1. The summed E-state index contributed by atoms with van der Waals surface area (Å²) in [5.74, 6) is 1.18. The quantitative estimate of drug-likeness (QED) is 0.706. The third kappa shape index (κ3) is 3.37. The van der Waals surface area contributed by atoms with Gasteiger partial charge in [0.15, 0.2) is 5.82 Å². The summed E-state index contributed by atoms with van der Waals surface area (Å²) in [6.45, 7) is 0.602. The first-order chi connectivity index (χ1) is 6.20. The van der Waals surface area contributed by atoms with Gasteiger partial charge in [0, 0.05) is 29.4 Å². The summed E-state index contributed by atoms with van der Waals surface area (Å²) >= 11 is 0. The first kappa shape index (κ1) is 9.91. The molecule has 6 heteroatoms. The van der Waals surface area contributed by atoms with Crippen molar-refractivity contribution in [1.29, 1.82) is 0 Å². The van der Waals surface area contributed by atoms with Crippen molar-refractivity contribution in [3.05, 3.63) is 12.5 Å². The van der Waals surface area contributed by atoms with E-state index in [0.717, 1.165) is 0 Å². The second-order valence-electron chi connectivity index (χ2n) is 2.53. The van der Waals surface area contributed by atoms with Crippen molar-refractivity contribution in [1.82, 2.24) is 9.97 Å². The minimum absolute atomic E-state index is 0.504. The number of nitrogens with zero attached hydrogens (tertiary/aromatic N) is 2. The van der Waals surface area contributed by atoms with E-state index in [2.05, 4.69) is 15.3 Å². The Morgan fingerprint density at radius 2 is 2.46 bits per heavy atom. The third-order valence-corrected chi connectivity index (χ3v) is 2.20. The Balaban J connectivity index is 2.45. The monoisotopic (exact) mass is 200 g/mol. The third-order valence-electron chi connectivity index (χ3n) is 1.42. The Bertz CT molecular complexity index is 304. The molecule has 0 saturated heterocycles. The summed E-state index contributed by atoms with van der Waals surface area (Å²) in [5, 5.41) is 2.98. The number of aromatic nitrogens is 2. The van der Waals surface area contributed by atoms with Gasteiger partial charge < -0.3 is 11.1 Å². The van der Waals surface area contributed by atoms with Crippen LogP contribution in [0.4, 0.5) is 11.5 Å². The Morgan fingerprint density at radius 3 is 3.08 bits per heavy atom. The standard InChI is InChI=1S/C7H12N4OS/c1-13(12)3-2-10-7-6(8)4-9-5-11-7/h4-5H,2-3,8H2,1H3,(H,9,10,11). The predicted octanol–water partition coefficient (Wildman–Crippen LogP) is -0.151. The minimum Gasteiger partial charge on any atom is -0.394 e. The van der Waals surface area contributed by atoms with Crippen molar-refractivity contribution in [3.8, 4) is 0 Å². The van der Waals surface area contributed by atoms with Crippen molar-refractivity contribution < 1.29 is 4.21 Å². The summed E-state index contributed by atoms with van der Waals surface area (Å²) in [7, 11) is -0.793. The first-order valence-corrected chi connectivity index (χ1v) is 5.52. The van der Waals surface area contributed by atoms with Crippen LogP contribution in [0, 0.1) is 0 Å². The fourth-order valence-electron chi connectivity index (χ4n) is 0.801. The number of nitrogen functional groups attached to an aromatic ring is 1. The minimum atomic E-state index is -0.793. The van der Waals surface area contributed by atoms with Gasteiger partial charge in [-0.2, -0.15) is 0 Å². The normalized spacial score (nSPS) is 12.4. The number of nitrogens with one attached hydrogen (secondary N) is 1. The van der Waals surface area contributed by atoms with E-state index in [4.69, 9.17) is 5.73 Å². The van der Waals surface area contributed by atoms with E-state index in [1.165, 1.54) is 12.5 Å². The summed E-state index contributed by atoms with van der Waals surface area (Å²) < 4.78 is 10.7. The molecule has 0 aliphatic heterocycles. The number of anilines is 2. The molecule has 0 spiro atoms. The van der Waals surface area contributed by atoms with Crippen LogP contribution >= 0.6 is 0 Å². The zero-order valence-electron chi connectivity index (χ0n) is 7.36. The summed E-state index contributed by atoms with van der Waals surface area (Å²) in [6, 6.07) is 0. The SMILES string of the molecule is CS(=O)CCNc1ncncc1N. The zero-order chi connectivity index (χ0) is 9.68. The lowest BCUT2D eigenvalue weighted by Gasteiger charge is -2.05. The highest BCUT2D eigenvalue weighted by Gasteiger charge is 1.98. The second-order valence-corrected chi connectivity index (χ2v) is 4.09. The Hall–Kier alpha value is -1.17. The van der Waals surface area contributed by atoms with Gasteiger partial charge >= 0.3 is 0 Å². The van der Waals surface area contributed by atoms with Crippen LogP contribution < -0.4 is 11.1 Å². The zero-order valence-corrected chi connectivity index (χ0v) is 8.17. The molecule has 1 unspecified atom stereocenters. The molecule has 1 atom stereocenters. The van der Waals surface area contributed by atoms with E-state index >= 15 is 0 Å². The molecular formula is C7H12N4OS. The van der Waals surface area contributed by atoms with Gasteiger partial charge in [-0.15, -0.1) is 0 Å². The van der Waals surface area contributed by atoms with Gasteiger partial charge in [0.2, 0.25) is 0 Å². The molecule has 0 aromatic carbocycles. The topological polar surface area (TPSA) is 80.9 Å². The Kier molecular flexibility index (Phi) is 3.63. The fourth-order valence-corrected chi connectivity index (χ4v) is 1.19. The maximum Gasteiger partial charge on any atom is 0.152 e. The summed E-state index contributed by atoms with van der Waals surface area (Å²) in [6.07, 6.45) is 4.60. The van der Waals surface area contributed by atoms with E-state index < -0.39 is 10.8 Å². The largest absolute Gasteiger partial charge is 0.394 e. The maximum absolute atomic E-state index is 10.7. The van der Waals surface area contributed by atoms with Crippen molar-refractivity contribution in [3.63, 3.8) is 0 Å². The van der Waals surface area contributed by atoms with Crippen molar-refractivity contribution in [2.45, 2.75) is 0 Å². The first-order valence-electron chi connectivity index (χ1n) is 3.79. The van der Waals surface area contributed by atoms with Crippen LogP contribution in [0.3, 0.4) is 0 Å². The lowest BCUT2D eigenvalue weighted by atomic mass is 10.5. The van der Waals surface area contributed by atoms with Gasteiger partial charge in [-0.3, -0.25) is 4.21 Å². The molecule has 3 N–H and O–H groups in total. The van der Waals surface area contributed by atoms with Gasteiger partial charge in [0.05, 0.1) is 11.9 Å². The average Bonchev–Trinajstić information content (AvgIpc) is 2.08. The van der Waals surface area contributed by atoms with Crippen LogP contribution in [0.15, 0.2) is 12.5 Å². The van der Waals surface area contributed by atoms with E-state index in [0.29, 0.717) is 23.8 Å². The predicted molar refractivity (Wildman–Crippen MR) is 53.9 cm³/mol. The maximum atomic E-state index is 10.7. The van der Waals surface area contributed by atoms with E-state index in [-0.39, 0.29) is 0 Å². The molecule has 1 aromatic heterocycles. The molecule has 1 heterocycles. The molecule has 0 aliphatic rings. The number of hydrogen-bond donors (Lipinski definition) is 2. The molecule has 72 valence electrons. The average molecular weight is 200 g/mol. The highest BCUT2D eigenvalue weighted by Crippen LogP contribution is 2.10. The van der Waals surface area contributed by atoms with Gasteiger partial charge in [0.25, 0.3) is 0 Å². The number of hydrogen-bond acceptors (Lipinski definition) is 5. The highest BCUT2D eigenvalue weighted by molar-refractivity contribution is 7.84.